The van der Waals surface area contributed by atoms with Crippen molar-refractivity contribution >= 4 is 23.5 Å². The SMILES string of the molecule is CCN(CC(C)C(=O)O)C(=O)c1cc(Cl)ccc1OC. The van der Waals surface area contributed by atoms with Gasteiger partial charge in [-0.1, -0.05) is 18.5 Å². The molecule has 0 aliphatic rings. The third kappa shape index (κ3) is 3.87. The van der Waals surface area contributed by atoms with Crippen molar-refractivity contribution < 1.29 is 19.4 Å². The van der Waals surface area contributed by atoms with Gasteiger partial charge in [0.15, 0.2) is 0 Å². The van der Waals surface area contributed by atoms with Crippen molar-refractivity contribution in [3.63, 3.8) is 0 Å². The molecule has 0 fully saturated rings. The predicted molar refractivity (Wildman–Crippen MR) is 76.4 cm³/mol. The maximum Gasteiger partial charge on any atom is 0.308 e. The molecule has 0 heterocycles. The lowest BCUT2D eigenvalue weighted by atomic mass is 10.1. The van der Waals surface area contributed by atoms with Gasteiger partial charge in [-0.3, -0.25) is 9.59 Å². The number of carbonyl (C=O) groups is 2. The highest BCUT2D eigenvalue weighted by Crippen LogP contribution is 2.24. The number of carbonyl (C=O) groups excluding carboxylic acids is 1. The molecule has 0 spiro atoms. The van der Waals surface area contributed by atoms with Crippen LogP contribution < -0.4 is 4.74 Å². The van der Waals surface area contributed by atoms with E-state index in [0.717, 1.165) is 0 Å². The first-order valence-corrected chi connectivity index (χ1v) is 6.64. The van der Waals surface area contributed by atoms with Crippen molar-refractivity contribution in [1.82, 2.24) is 4.90 Å². The smallest absolute Gasteiger partial charge is 0.308 e. The average Bonchev–Trinajstić information content (AvgIpc) is 2.43. The molecular formula is C14H18ClNO4. The summed E-state index contributed by atoms with van der Waals surface area (Å²) in [6.07, 6.45) is 0. The van der Waals surface area contributed by atoms with E-state index in [0.29, 0.717) is 22.9 Å². The first kappa shape index (κ1) is 16.3. The van der Waals surface area contributed by atoms with Crippen molar-refractivity contribution in [2.24, 2.45) is 5.92 Å². The number of nitrogens with zero attached hydrogens (tertiary/aromatic N) is 1. The Balaban J connectivity index is 3.02. The number of halogens is 1. The lowest BCUT2D eigenvalue weighted by Gasteiger charge is -2.23. The van der Waals surface area contributed by atoms with Crippen LogP contribution in [-0.4, -0.2) is 42.1 Å². The zero-order chi connectivity index (χ0) is 15.3. The molecule has 0 bridgehead atoms. The Bertz CT molecular complexity index is 504. The van der Waals surface area contributed by atoms with Gasteiger partial charge >= 0.3 is 5.97 Å². The van der Waals surface area contributed by atoms with E-state index in [-0.39, 0.29) is 12.5 Å². The zero-order valence-corrected chi connectivity index (χ0v) is 12.5. The predicted octanol–water partition coefficient (Wildman–Crippen LogP) is 2.53. The summed E-state index contributed by atoms with van der Waals surface area (Å²) in [5.74, 6) is -1.45. The van der Waals surface area contributed by atoms with Crippen LogP contribution in [0.25, 0.3) is 0 Å². The highest BCUT2D eigenvalue weighted by molar-refractivity contribution is 6.31. The molecule has 1 aromatic carbocycles. The second kappa shape index (κ2) is 7.14. The number of aliphatic carboxylic acids is 1. The fourth-order valence-electron chi connectivity index (χ4n) is 1.78. The number of ether oxygens (including phenoxy) is 1. The van der Waals surface area contributed by atoms with Gasteiger partial charge in [0.1, 0.15) is 5.75 Å². The summed E-state index contributed by atoms with van der Waals surface area (Å²) < 4.78 is 5.15. The fraction of sp³-hybridized carbons (Fsp3) is 0.429. The third-order valence-electron chi connectivity index (χ3n) is 2.98. The molecular weight excluding hydrogens is 282 g/mol. The van der Waals surface area contributed by atoms with Gasteiger partial charge in [0.25, 0.3) is 5.91 Å². The molecule has 1 rings (SSSR count). The monoisotopic (exact) mass is 299 g/mol. The Hall–Kier alpha value is -1.75. The number of methoxy groups -OCH3 is 1. The zero-order valence-electron chi connectivity index (χ0n) is 11.7. The molecule has 110 valence electrons. The van der Waals surface area contributed by atoms with Crippen LogP contribution in [0.15, 0.2) is 18.2 Å². The fourth-order valence-corrected chi connectivity index (χ4v) is 1.95. The van der Waals surface area contributed by atoms with E-state index in [2.05, 4.69) is 0 Å². The maximum absolute atomic E-state index is 12.5. The van der Waals surface area contributed by atoms with Gasteiger partial charge in [0.2, 0.25) is 0 Å². The number of hydrogen-bond acceptors (Lipinski definition) is 3. The molecule has 1 atom stereocenters. The molecule has 1 unspecified atom stereocenters. The third-order valence-corrected chi connectivity index (χ3v) is 3.21. The Morgan fingerprint density at radius 2 is 2.10 bits per heavy atom. The Labute approximate surface area is 123 Å². The molecule has 6 heteroatoms. The minimum Gasteiger partial charge on any atom is -0.496 e. The van der Waals surface area contributed by atoms with Crippen molar-refractivity contribution in [1.29, 1.82) is 0 Å². The highest BCUT2D eigenvalue weighted by atomic mass is 35.5. The van der Waals surface area contributed by atoms with Gasteiger partial charge in [-0.05, 0) is 25.1 Å². The molecule has 0 saturated carbocycles. The van der Waals surface area contributed by atoms with Crippen LogP contribution in [0.3, 0.4) is 0 Å². The number of benzene rings is 1. The van der Waals surface area contributed by atoms with Gasteiger partial charge in [0, 0.05) is 18.1 Å². The molecule has 5 nitrogen and oxygen atoms in total. The standard InChI is InChI=1S/C14H18ClNO4/c1-4-16(8-9(2)14(18)19)13(17)11-7-10(15)5-6-12(11)20-3/h5-7,9H,4,8H2,1-3H3,(H,18,19). The van der Waals surface area contributed by atoms with E-state index >= 15 is 0 Å². The largest absolute Gasteiger partial charge is 0.496 e. The molecule has 1 amide bonds. The minimum atomic E-state index is -0.936. The van der Waals surface area contributed by atoms with Gasteiger partial charge in [-0.2, -0.15) is 0 Å². The van der Waals surface area contributed by atoms with E-state index < -0.39 is 11.9 Å². The Morgan fingerprint density at radius 3 is 2.60 bits per heavy atom. The van der Waals surface area contributed by atoms with E-state index in [1.807, 2.05) is 0 Å². The minimum absolute atomic E-state index is 0.139. The highest BCUT2D eigenvalue weighted by Gasteiger charge is 2.23. The number of rotatable bonds is 6. The normalized spacial score (nSPS) is 11.8. The quantitative estimate of drug-likeness (QED) is 0.876. The molecule has 1 aromatic rings. The second-order valence-electron chi connectivity index (χ2n) is 4.43. The first-order chi connectivity index (χ1) is 9.40. The molecule has 0 aliphatic heterocycles. The molecule has 20 heavy (non-hydrogen) atoms. The summed E-state index contributed by atoms with van der Waals surface area (Å²) in [6.45, 7) is 3.91. The second-order valence-corrected chi connectivity index (χ2v) is 4.86. The molecule has 0 radical (unpaired) electrons. The Kier molecular flexibility index (Phi) is 5.82. The Morgan fingerprint density at radius 1 is 1.45 bits per heavy atom. The van der Waals surface area contributed by atoms with Crippen LogP contribution in [0.5, 0.6) is 5.75 Å². The lowest BCUT2D eigenvalue weighted by Crippen LogP contribution is -2.36. The van der Waals surface area contributed by atoms with Crippen LogP contribution in [0.1, 0.15) is 24.2 Å². The van der Waals surface area contributed by atoms with Crippen molar-refractivity contribution in [3.05, 3.63) is 28.8 Å². The summed E-state index contributed by atoms with van der Waals surface area (Å²) in [4.78, 5) is 24.8. The van der Waals surface area contributed by atoms with Gasteiger partial charge < -0.3 is 14.7 Å². The summed E-state index contributed by atoms with van der Waals surface area (Å²) in [7, 11) is 1.47. The summed E-state index contributed by atoms with van der Waals surface area (Å²) in [6, 6.07) is 4.77. The van der Waals surface area contributed by atoms with Crippen LogP contribution in [0.4, 0.5) is 0 Å². The topological polar surface area (TPSA) is 66.8 Å². The van der Waals surface area contributed by atoms with E-state index in [1.54, 1.807) is 26.0 Å². The van der Waals surface area contributed by atoms with Crippen molar-refractivity contribution in [3.8, 4) is 5.75 Å². The van der Waals surface area contributed by atoms with Crippen LogP contribution in [0, 0.1) is 5.92 Å². The maximum atomic E-state index is 12.5. The lowest BCUT2D eigenvalue weighted by molar-refractivity contribution is -0.141. The van der Waals surface area contributed by atoms with Crippen LogP contribution in [-0.2, 0) is 4.79 Å². The number of carboxylic acids is 1. The number of carboxylic acid groups (broad SMARTS) is 1. The first-order valence-electron chi connectivity index (χ1n) is 6.26. The summed E-state index contributed by atoms with van der Waals surface area (Å²) in [5, 5.41) is 9.37. The molecule has 1 N–H and O–H groups in total. The molecule has 0 aromatic heterocycles. The van der Waals surface area contributed by atoms with E-state index in [4.69, 9.17) is 21.4 Å². The van der Waals surface area contributed by atoms with E-state index in [9.17, 15) is 9.59 Å². The van der Waals surface area contributed by atoms with Crippen molar-refractivity contribution in [2.75, 3.05) is 20.2 Å². The van der Waals surface area contributed by atoms with Crippen molar-refractivity contribution in [2.45, 2.75) is 13.8 Å². The molecule has 0 aliphatic carbocycles. The van der Waals surface area contributed by atoms with Gasteiger partial charge in [-0.25, -0.2) is 0 Å². The average molecular weight is 300 g/mol. The number of amides is 1. The van der Waals surface area contributed by atoms with Gasteiger partial charge in [-0.15, -0.1) is 0 Å². The van der Waals surface area contributed by atoms with Crippen LogP contribution in [0.2, 0.25) is 5.02 Å². The summed E-state index contributed by atoms with van der Waals surface area (Å²) >= 11 is 5.90. The van der Waals surface area contributed by atoms with E-state index in [1.165, 1.54) is 18.1 Å². The van der Waals surface area contributed by atoms with Gasteiger partial charge in [0.05, 0.1) is 18.6 Å². The molecule has 0 saturated heterocycles. The summed E-state index contributed by atoms with van der Waals surface area (Å²) in [5.41, 5.74) is 0.333. The number of hydrogen-bond donors (Lipinski definition) is 1. The van der Waals surface area contributed by atoms with Crippen LogP contribution >= 0.6 is 11.6 Å².